The minimum Gasteiger partial charge on any atom is -0.370 e. The number of carbonyl (C=O) groups excluding carboxylic acids is 1. The van der Waals surface area contributed by atoms with Crippen LogP contribution in [0.4, 0.5) is 0 Å². The molecule has 0 aliphatic heterocycles. The molecule has 0 aromatic heterocycles. The molecule has 1 fully saturated rings. The highest BCUT2D eigenvalue weighted by molar-refractivity contribution is 14.0. The predicted octanol–water partition coefficient (Wildman–Crippen LogP) is 2.54. The fourth-order valence-electron chi connectivity index (χ4n) is 2.50. The quantitative estimate of drug-likeness (QED) is 0.249. The van der Waals surface area contributed by atoms with Gasteiger partial charge >= 0.3 is 0 Å². The van der Waals surface area contributed by atoms with Gasteiger partial charge < -0.3 is 16.4 Å². The molecular weight excluding hydrogens is 379 g/mol. The predicted molar refractivity (Wildman–Crippen MR) is 99.1 cm³/mol. The number of aliphatic imine (C=N–C) groups is 1. The topological polar surface area (TPSA) is 79.5 Å². The Morgan fingerprint density at radius 3 is 2.57 bits per heavy atom. The molecule has 1 aliphatic rings. The van der Waals surface area contributed by atoms with Gasteiger partial charge in [-0.15, -0.1) is 24.0 Å². The van der Waals surface area contributed by atoms with Crippen molar-refractivity contribution in [1.82, 2.24) is 10.6 Å². The summed E-state index contributed by atoms with van der Waals surface area (Å²) in [6.07, 6.45) is 10.7. The van der Waals surface area contributed by atoms with E-state index >= 15 is 0 Å². The van der Waals surface area contributed by atoms with Gasteiger partial charge in [-0.2, -0.15) is 0 Å². The van der Waals surface area contributed by atoms with Crippen LogP contribution in [0.3, 0.4) is 0 Å². The summed E-state index contributed by atoms with van der Waals surface area (Å²) >= 11 is 0. The van der Waals surface area contributed by atoms with Gasteiger partial charge in [0.2, 0.25) is 5.91 Å². The van der Waals surface area contributed by atoms with Gasteiger partial charge in [0.05, 0.1) is 0 Å². The maximum atomic E-state index is 11.7. The van der Waals surface area contributed by atoms with E-state index in [0.29, 0.717) is 12.0 Å². The average Bonchev–Trinajstić information content (AvgIpc) is 2.46. The largest absolute Gasteiger partial charge is 0.370 e. The Morgan fingerprint density at radius 2 is 1.90 bits per heavy atom. The molecule has 0 saturated heterocycles. The van der Waals surface area contributed by atoms with E-state index in [4.69, 9.17) is 5.73 Å². The Kier molecular flexibility index (Phi) is 12.8. The van der Waals surface area contributed by atoms with Gasteiger partial charge in [0.1, 0.15) is 6.54 Å². The van der Waals surface area contributed by atoms with E-state index in [0.717, 1.165) is 25.8 Å². The summed E-state index contributed by atoms with van der Waals surface area (Å²) < 4.78 is 0. The van der Waals surface area contributed by atoms with E-state index in [9.17, 15) is 4.79 Å². The molecule has 4 N–H and O–H groups in total. The lowest BCUT2D eigenvalue weighted by Crippen LogP contribution is -2.39. The minimum absolute atomic E-state index is 0. The van der Waals surface area contributed by atoms with Crippen LogP contribution in [-0.2, 0) is 4.79 Å². The summed E-state index contributed by atoms with van der Waals surface area (Å²) in [5, 5.41) is 6.08. The fraction of sp³-hybridized carbons (Fsp3) is 0.867. The number of nitrogens with two attached hydrogens (primary N) is 1. The van der Waals surface area contributed by atoms with Crippen molar-refractivity contribution in [2.45, 2.75) is 70.8 Å². The molecule has 0 unspecified atom stereocenters. The van der Waals surface area contributed by atoms with Gasteiger partial charge in [-0.1, -0.05) is 45.4 Å². The maximum absolute atomic E-state index is 11.7. The van der Waals surface area contributed by atoms with Crippen molar-refractivity contribution in [2.24, 2.45) is 10.7 Å². The van der Waals surface area contributed by atoms with Crippen LogP contribution in [0, 0.1) is 0 Å². The lowest BCUT2D eigenvalue weighted by molar-refractivity contribution is -0.120. The van der Waals surface area contributed by atoms with Crippen molar-refractivity contribution in [3.05, 3.63) is 0 Å². The number of rotatable bonds is 8. The van der Waals surface area contributed by atoms with Crippen molar-refractivity contribution in [3.63, 3.8) is 0 Å². The standard InChI is InChI=1S/C15H30N4O.HI/c1-2-3-4-8-11-17-15(16)18-12-14(20)19-13-9-6-5-7-10-13;/h13H,2-12H2,1H3,(H,19,20)(H3,16,17,18);1H. The Labute approximate surface area is 145 Å². The van der Waals surface area contributed by atoms with E-state index in [2.05, 4.69) is 22.5 Å². The van der Waals surface area contributed by atoms with Crippen molar-refractivity contribution in [3.8, 4) is 0 Å². The Hall–Kier alpha value is -0.530. The number of carbonyl (C=O) groups is 1. The summed E-state index contributed by atoms with van der Waals surface area (Å²) in [6.45, 7) is 3.15. The van der Waals surface area contributed by atoms with Crippen LogP contribution >= 0.6 is 24.0 Å². The first-order chi connectivity index (χ1) is 9.72. The van der Waals surface area contributed by atoms with Gasteiger partial charge in [0.25, 0.3) is 0 Å². The third-order valence-corrected chi connectivity index (χ3v) is 3.70. The van der Waals surface area contributed by atoms with E-state index < -0.39 is 0 Å². The zero-order valence-corrected chi connectivity index (χ0v) is 15.5. The molecule has 124 valence electrons. The van der Waals surface area contributed by atoms with Gasteiger partial charge in [0.15, 0.2) is 5.96 Å². The van der Waals surface area contributed by atoms with E-state index in [-0.39, 0.29) is 36.4 Å². The number of guanidine groups is 1. The molecule has 1 rings (SSSR count). The van der Waals surface area contributed by atoms with Crippen LogP contribution in [-0.4, -0.2) is 31.0 Å². The number of nitrogens with zero attached hydrogens (tertiary/aromatic N) is 1. The Bertz CT molecular complexity index is 304. The highest BCUT2D eigenvalue weighted by Gasteiger charge is 2.15. The van der Waals surface area contributed by atoms with Crippen LogP contribution in [0.5, 0.6) is 0 Å². The monoisotopic (exact) mass is 410 g/mol. The molecule has 0 heterocycles. The number of nitrogens with one attached hydrogen (secondary N) is 2. The molecule has 1 aliphatic carbocycles. The molecule has 0 aromatic carbocycles. The van der Waals surface area contributed by atoms with E-state index in [1.165, 1.54) is 38.5 Å². The lowest BCUT2D eigenvalue weighted by Gasteiger charge is -2.22. The number of halogens is 1. The summed E-state index contributed by atoms with van der Waals surface area (Å²) in [6, 6.07) is 0.342. The smallest absolute Gasteiger partial charge is 0.242 e. The highest BCUT2D eigenvalue weighted by atomic mass is 127. The van der Waals surface area contributed by atoms with Gasteiger partial charge in [0, 0.05) is 12.6 Å². The second-order valence-electron chi connectivity index (χ2n) is 5.59. The molecule has 0 spiro atoms. The van der Waals surface area contributed by atoms with Crippen molar-refractivity contribution < 1.29 is 4.79 Å². The first-order valence-electron chi connectivity index (χ1n) is 8.05. The normalized spacial score (nSPS) is 16.1. The Balaban J connectivity index is 0.00000400. The van der Waals surface area contributed by atoms with Crippen LogP contribution in [0.1, 0.15) is 64.7 Å². The van der Waals surface area contributed by atoms with Crippen LogP contribution in [0.25, 0.3) is 0 Å². The Morgan fingerprint density at radius 1 is 1.19 bits per heavy atom. The first-order valence-corrected chi connectivity index (χ1v) is 8.05. The maximum Gasteiger partial charge on any atom is 0.242 e. The fourth-order valence-corrected chi connectivity index (χ4v) is 2.50. The van der Waals surface area contributed by atoms with Gasteiger partial charge in [-0.05, 0) is 19.3 Å². The third kappa shape index (κ3) is 10.8. The average molecular weight is 410 g/mol. The first kappa shape index (κ1) is 20.5. The van der Waals surface area contributed by atoms with E-state index in [1.54, 1.807) is 0 Å². The number of hydrogen-bond donors (Lipinski definition) is 3. The second kappa shape index (κ2) is 13.2. The zero-order valence-electron chi connectivity index (χ0n) is 13.2. The third-order valence-electron chi connectivity index (χ3n) is 3.70. The summed E-state index contributed by atoms with van der Waals surface area (Å²) in [5.41, 5.74) is 5.73. The molecule has 21 heavy (non-hydrogen) atoms. The zero-order chi connectivity index (χ0) is 14.6. The van der Waals surface area contributed by atoms with Gasteiger partial charge in [-0.25, -0.2) is 4.99 Å². The van der Waals surface area contributed by atoms with Gasteiger partial charge in [-0.3, -0.25) is 4.79 Å². The van der Waals surface area contributed by atoms with E-state index in [1.807, 2.05) is 0 Å². The molecule has 0 aromatic rings. The van der Waals surface area contributed by atoms with Crippen LogP contribution in [0.2, 0.25) is 0 Å². The molecule has 6 heteroatoms. The number of unbranched alkanes of at least 4 members (excludes halogenated alkanes) is 3. The molecule has 0 radical (unpaired) electrons. The molecule has 0 bridgehead atoms. The minimum atomic E-state index is -0.0207. The lowest BCUT2D eigenvalue weighted by atomic mass is 9.95. The summed E-state index contributed by atoms with van der Waals surface area (Å²) in [5.74, 6) is 0.355. The molecular formula is C15H31IN4O. The van der Waals surface area contributed by atoms with Crippen molar-refractivity contribution in [1.29, 1.82) is 0 Å². The molecule has 0 atom stereocenters. The molecule has 1 saturated carbocycles. The van der Waals surface area contributed by atoms with Crippen molar-refractivity contribution in [2.75, 3.05) is 13.1 Å². The summed E-state index contributed by atoms with van der Waals surface area (Å²) in [7, 11) is 0. The highest BCUT2D eigenvalue weighted by Crippen LogP contribution is 2.17. The molecule has 5 nitrogen and oxygen atoms in total. The number of hydrogen-bond acceptors (Lipinski definition) is 2. The summed E-state index contributed by atoms with van der Waals surface area (Å²) in [4.78, 5) is 15.8. The van der Waals surface area contributed by atoms with Crippen LogP contribution in [0.15, 0.2) is 4.99 Å². The second-order valence-corrected chi connectivity index (χ2v) is 5.59. The van der Waals surface area contributed by atoms with Crippen molar-refractivity contribution >= 4 is 35.8 Å². The number of amides is 1. The van der Waals surface area contributed by atoms with Crippen LogP contribution < -0.4 is 16.4 Å². The SMILES string of the molecule is CCCCCCNC(N)=NCC(=O)NC1CCCCC1.I. The molecule has 1 amide bonds.